The summed E-state index contributed by atoms with van der Waals surface area (Å²) in [6, 6.07) is 6.18. The molecule has 0 spiro atoms. The molecule has 6 nitrogen and oxygen atoms in total. The number of nitrogens with zero attached hydrogens (tertiary/aromatic N) is 2. The van der Waals surface area contributed by atoms with E-state index in [1.54, 1.807) is 4.68 Å². The molecule has 1 aliphatic rings. The monoisotopic (exact) mass is 316 g/mol. The van der Waals surface area contributed by atoms with E-state index in [4.69, 9.17) is 4.74 Å². The van der Waals surface area contributed by atoms with Gasteiger partial charge in [-0.1, -0.05) is 6.07 Å². The molecule has 3 N–H and O–H groups in total. The molecule has 0 radical (unpaired) electrons. The molecular weight excluding hydrogens is 292 g/mol. The molecule has 0 aliphatic carbocycles. The molecule has 1 aromatic heterocycles. The fourth-order valence-electron chi connectivity index (χ4n) is 3.05. The van der Waals surface area contributed by atoms with E-state index in [0.717, 1.165) is 46.9 Å². The van der Waals surface area contributed by atoms with Crippen molar-refractivity contribution in [2.75, 3.05) is 25.5 Å². The van der Waals surface area contributed by atoms with Gasteiger partial charge in [0.05, 0.1) is 17.9 Å². The van der Waals surface area contributed by atoms with Crippen molar-refractivity contribution in [3.63, 3.8) is 0 Å². The Morgan fingerprint density at radius 3 is 3.09 bits per heavy atom. The molecule has 0 bridgehead atoms. The quantitative estimate of drug-likeness (QED) is 0.707. The smallest absolute Gasteiger partial charge is 0.219 e. The number of aryl methyl sites for hydroxylation is 2. The van der Waals surface area contributed by atoms with Crippen LogP contribution in [0.2, 0.25) is 0 Å². The third-order valence-corrected chi connectivity index (χ3v) is 4.11. The predicted octanol–water partition coefficient (Wildman–Crippen LogP) is 1.67. The lowest BCUT2D eigenvalue weighted by Crippen LogP contribution is -2.12. The van der Waals surface area contributed by atoms with Gasteiger partial charge in [0.1, 0.15) is 6.23 Å². The number of hydrogen-bond donors (Lipinski definition) is 3. The molecule has 124 valence electrons. The van der Waals surface area contributed by atoms with Crippen LogP contribution in [-0.4, -0.2) is 41.3 Å². The van der Waals surface area contributed by atoms with Crippen molar-refractivity contribution in [1.29, 1.82) is 0 Å². The molecule has 3 rings (SSSR count). The second kappa shape index (κ2) is 6.60. The molecule has 1 aliphatic heterocycles. The number of aromatic nitrogens is 2. The summed E-state index contributed by atoms with van der Waals surface area (Å²) in [4.78, 5) is 0. The van der Waals surface area contributed by atoms with Gasteiger partial charge in [-0.3, -0.25) is 0 Å². The van der Waals surface area contributed by atoms with Gasteiger partial charge in [0.15, 0.2) is 0 Å². The highest BCUT2D eigenvalue weighted by Crippen LogP contribution is 2.36. The second-order valence-electron chi connectivity index (χ2n) is 5.93. The first-order valence-corrected chi connectivity index (χ1v) is 7.99. The number of nitrogens with one attached hydrogen (secondary N) is 2. The summed E-state index contributed by atoms with van der Waals surface area (Å²) in [5.74, 6) is 0.796. The maximum absolute atomic E-state index is 9.73. The summed E-state index contributed by atoms with van der Waals surface area (Å²) >= 11 is 0. The second-order valence-corrected chi connectivity index (χ2v) is 5.93. The first-order valence-electron chi connectivity index (χ1n) is 7.99. The number of anilines is 1. The van der Waals surface area contributed by atoms with E-state index in [9.17, 15) is 5.11 Å². The lowest BCUT2D eigenvalue weighted by molar-refractivity contribution is 0.212. The van der Waals surface area contributed by atoms with E-state index in [1.165, 1.54) is 0 Å². The van der Waals surface area contributed by atoms with Crippen LogP contribution < -0.4 is 15.4 Å². The molecule has 0 amide bonds. The largest absolute Gasteiger partial charge is 0.477 e. The first-order chi connectivity index (χ1) is 11.1. The summed E-state index contributed by atoms with van der Waals surface area (Å²) in [6.07, 6.45) is 1.08. The van der Waals surface area contributed by atoms with Crippen LogP contribution in [0.3, 0.4) is 0 Å². The van der Waals surface area contributed by atoms with Crippen LogP contribution in [0, 0.1) is 6.92 Å². The van der Waals surface area contributed by atoms with Crippen LogP contribution in [0.25, 0.3) is 11.1 Å². The Hall–Kier alpha value is -2.05. The standard InChI is InChI=1S/C17H24N4O2/c1-11-16(17(21(3)20-11)23-8-4-7-18-2)12-5-6-14-13(9-12)10-15(22)19-14/h5-6,9,15,18-19,22H,4,7-8,10H2,1-3H3. The fraction of sp³-hybridized carbons (Fsp3) is 0.471. The minimum absolute atomic E-state index is 0.493. The van der Waals surface area contributed by atoms with Gasteiger partial charge < -0.3 is 20.5 Å². The number of ether oxygens (including phenoxy) is 1. The van der Waals surface area contributed by atoms with Crippen molar-refractivity contribution < 1.29 is 9.84 Å². The number of aliphatic hydroxyl groups is 1. The van der Waals surface area contributed by atoms with Crippen molar-refractivity contribution in [2.24, 2.45) is 7.05 Å². The third kappa shape index (κ3) is 3.18. The van der Waals surface area contributed by atoms with Gasteiger partial charge in [0.25, 0.3) is 0 Å². The number of rotatable bonds is 6. The minimum atomic E-state index is -0.493. The maximum atomic E-state index is 9.73. The molecule has 0 saturated carbocycles. The molecule has 2 aromatic rings. The molecule has 6 heteroatoms. The summed E-state index contributed by atoms with van der Waals surface area (Å²) in [5.41, 5.74) is 5.18. The van der Waals surface area contributed by atoms with Crippen molar-refractivity contribution in [2.45, 2.75) is 26.0 Å². The molecule has 1 unspecified atom stereocenters. The van der Waals surface area contributed by atoms with E-state index in [0.29, 0.717) is 13.0 Å². The van der Waals surface area contributed by atoms with E-state index < -0.39 is 6.23 Å². The van der Waals surface area contributed by atoms with Crippen LogP contribution in [0.1, 0.15) is 17.7 Å². The molecule has 0 fully saturated rings. The van der Waals surface area contributed by atoms with Crippen molar-refractivity contribution in [3.05, 3.63) is 29.5 Å². The summed E-state index contributed by atoms with van der Waals surface area (Å²) in [6.45, 7) is 3.57. The van der Waals surface area contributed by atoms with Crippen molar-refractivity contribution >= 4 is 5.69 Å². The summed E-state index contributed by atoms with van der Waals surface area (Å²) < 4.78 is 7.78. The van der Waals surface area contributed by atoms with Crippen LogP contribution in [0.5, 0.6) is 5.88 Å². The molecule has 1 atom stereocenters. The Labute approximate surface area is 136 Å². The molecule has 2 heterocycles. The van der Waals surface area contributed by atoms with Gasteiger partial charge in [-0.25, -0.2) is 4.68 Å². The zero-order valence-corrected chi connectivity index (χ0v) is 13.9. The third-order valence-electron chi connectivity index (χ3n) is 4.11. The normalized spacial score (nSPS) is 16.3. The Bertz CT molecular complexity index is 696. The zero-order chi connectivity index (χ0) is 16.4. The van der Waals surface area contributed by atoms with Gasteiger partial charge in [-0.2, -0.15) is 5.10 Å². The summed E-state index contributed by atoms with van der Waals surface area (Å²) in [7, 11) is 3.84. The van der Waals surface area contributed by atoms with Gasteiger partial charge in [0.2, 0.25) is 5.88 Å². The van der Waals surface area contributed by atoms with Crippen molar-refractivity contribution in [1.82, 2.24) is 15.1 Å². The Morgan fingerprint density at radius 2 is 2.30 bits per heavy atom. The number of benzene rings is 1. The van der Waals surface area contributed by atoms with Crippen LogP contribution in [0.4, 0.5) is 5.69 Å². The predicted molar refractivity (Wildman–Crippen MR) is 90.8 cm³/mol. The van der Waals surface area contributed by atoms with Crippen LogP contribution in [0.15, 0.2) is 18.2 Å². The highest BCUT2D eigenvalue weighted by atomic mass is 16.5. The number of aliphatic hydroxyl groups excluding tert-OH is 1. The molecule has 23 heavy (non-hydrogen) atoms. The number of hydrogen-bond acceptors (Lipinski definition) is 5. The molecule has 0 saturated heterocycles. The van der Waals surface area contributed by atoms with Crippen LogP contribution >= 0.6 is 0 Å². The maximum Gasteiger partial charge on any atom is 0.219 e. The fourth-order valence-corrected chi connectivity index (χ4v) is 3.05. The lowest BCUT2D eigenvalue weighted by Gasteiger charge is -2.10. The topological polar surface area (TPSA) is 71.3 Å². The SMILES string of the molecule is CNCCCOc1c(-c2ccc3c(c2)CC(O)N3)c(C)nn1C. The van der Waals surface area contributed by atoms with Gasteiger partial charge >= 0.3 is 0 Å². The molecule has 1 aromatic carbocycles. The zero-order valence-electron chi connectivity index (χ0n) is 13.9. The van der Waals surface area contributed by atoms with Crippen molar-refractivity contribution in [3.8, 4) is 17.0 Å². The summed E-state index contributed by atoms with van der Waals surface area (Å²) in [5, 5.41) is 20.4. The minimum Gasteiger partial charge on any atom is -0.477 e. The van der Waals surface area contributed by atoms with E-state index in [2.05, 4.69) is 21.8 Å². The number of fused-ring (bicyclic) bond motifs is 1. The highest BCUT2D eigenvalue weighted by Gasteiger charge is 2.21. The van der Waals surface area contributed by atoms with E-state index in [-0.39, 0.29) is 0 Å². The lowest BCUT2D eigenvalue weighted by atomic mass is 10.0. The highest BCUT2D eigenvalue weighted by molar-refractivity contribution is 5.75. The Kier molecular flexibility index (Phi) is 4.54. The van der Waals surface area contributed by atoms with Gasteiger partial charge in [-0.15, -0.1) is 0 Å². The van der Waals surface area contributed by atoms with Gasteiger partial charge in [-0.05, 0) is 50.2 Å². The molecular formula is C17H24N4O2. The average molecular weight is 316 g/mol. The average Bonchev–Trinajstić information content (AvgIpc) is 3.01. The first kappa shape index (κ1) is 15.8. The Morgan fingerprint density at radius 1 is 1.48 bits per heavy atom. The Balaban J connectivity index is 1.89. The van der Waals surface area contributed by atoms with Gasteiger partial charge in [0, 0.05) is 19.2 Å². The van der Waals surface area contributed by atoms with Crippen LogP contribution in [-0.2, 0) is 13.5 Å². The van der Waals surface area contributed by atoms with E-state index >= 15 is 0 Å². The van der Waals surface area contributed by atoms with E-state index in [1.807, 2.05) is 33.2 Å².